The average Bonchev–Trinajstić information content (AvgIpc) is 3.43. The molecule has 43 heavy (non-hydrogen) atoms. The van der Waals surface area contributed by atoms with E-state index >= 15 is 0 Å². The zero-order valence-corrected chi connectivity index (χ0v) is 24.7. The number of piperazine rings is 1. The number of rotatable bonds is 7. The van der Waals surface area contributed by atoms with Crippen molar-refractivity contribution < 1.29 is 14.6 Å². The molecule has 0 unspecified atom stereocenters. The first-order valence-electron chi connectivity index (χ1n) is 14.3. The van der Waals surface area contributed by atoms with Crippen LogP contribution in [0, 0.1) is 11.3 Å². The monoisotopic (exact) mass is 597 g/mol. The van der Waals surface area contributed by atoms with Gasteiger partial charge < -0.3 is 24.5 Å². The number of amides is 1. The lowest BCUT2D eigenvalue weighted by Gasteiger charge is -2.41. The van der Waals surface area contributed by atoms with E-state index in [4.69, 9.17) is 31.3 Å². The molecular formula is C32H32ClN7O3. The minimum absolute atomic E-state index is 0.107. The second kappa shape index (κ2) is 12.0. The Balaban J connectivity index is 1.45. The highest BCUT2D eigenvalue weighted by Gasteiger charge is 2.32. The molecule has 2 fully saturated rings. The molecule has 0 bridgehead atoms. The summed E-state index contributed by atoms with van der Waals surface area (Å²) >= 11 is 6.90. The van der Waals surface area contributed by atoms with Crippen LogP contribution in [0.1, 0.15) is 19.3 Å². The standard InChI is InChI=1S/C32H32ClN7O3/c1-3-28(42)40-14-13-39(18-21(40)10-11-34)31-26-17-27(33)29(25-16-23(41)15-20-7-4-5-9-24(20)25)35-30(26)36-32(37-31)43-19-22-8-6-12-38(22)2/h3-5,7,9,15-17,21-22,41H,1,6,8,10,12-14,18-19H2,2H3/t21-,22-/m0/s1. The van der Waals surface area contributed by atoms with Gasteiger partial charge in [-0.3, -0.25) is 4.79 Å². The van der Waals surface area contributed by atoms with Gasteiger partial charge in [0.25, 0.3) is 0 Å². The Morgan fingerprint density at radius 1 is 1.16 bits per heavy atom. The van der Waals surface area contributed by atoms with Crippen molar-refractivity contribution in [2.45, 2.75) is 31.3 Å². The van der Waals surface area contributed by atoms with E-state index in [2.05, 4.69) is 24.6 Å². The third-order valence-corrected chi connectivity index (χ3v) is 8.63. The summed E-state index contributed by atoms with van der Waals surface area (Å²) in [4.78, 5) is 33.0. The minimum Gasteiger partial charge on any atom is -0.508 e. The van der Waals surface area contributed by atoms with Crippen LogP contribution in [-0.2, 0) is 4.79 Å². The molecule has 2 aromatic heterocycles. The summed E-state index contributed by atoms with van der Waals surface area (Å²) in [5, 5.41) is 22.8. The largest absolute Gasteiger partial charge is 0.508 e. The van der Waals surface area contributed by atoms with Gasteiger partial charge >= 0.3 is 6.01 Å². The molecule has 0 aliphatic carbocycles. The molecule has 4 aromatic rings. The number of pyridine rings is 1. The minimum atomic E-state index is -0.341. The number of carbonyl (C=O) groups is 1. The average molecular weight is 598 g/mol. The molecule has 0 radical (unpaired) electrons. The van der Waals surface area contributed by atoms with E-state index in [1.807, 2.05) is 29.2 Å². The molecule has 10 nitrogen and oxygen atoms in total. The van der Waals surface area contributed by atoms with Crippen molar-refractivity contribution >= 4 is 45.1 Å². The highest BCUT2D eigenvalue weighted by Crippen LogP contribution is 2.38. The van der Waals surface area contributed by atoms with Crippen LogP contribution in [0.2, 0.25) is 5.02 Å². The molecule has 11 heteroatoms. The van der Waals surface area contributed by atoms with Crippen molar-refractivity contribution in [1.82, 2.24) is 24.8 Å². The fourth-order valence-electron chi connectivity index (χ4n) is 6.08. The van der Waals surface area contributed by atoms with E-state index < -0.39 is 0 Å². The summed E-state index contributed by atoms with van der Waals surface area (Å²) in [6.45, 7) is 6.36. The number of phenolic OH excluding ortho intramolecular Hbond substituents is 1. The summed E-state index contributed by atoms with van der Waals surface area (Å²) < 4.78 is 6.18. The van der Waals surface area contributed by atoms with Gasteiger partial charge in [0.15, 0.2) is 5.65 Å². The molecule has 2 atom stereocenters. The number of likely N-dealkylation sites (tertiary alicyclic amines) is 1. The normalized spacial score (nSPS) is 19.1. The van der Waals surface area contributed by atoms with Crippen LogP contribution in [0.3, 0.4) is 0 Å². The first-order chi connectivity index (χ1) is 20.9. The first kappa shape index (κ1) is 28.6. The number of nitrogens with zero attached hydrogens (tertiary/aromatic N) is 7. The van der Waals surface area contributed by atoms with Crippen molar-refractivity contribution in [3.8, 4) is 29.1 Å². The van der Waals surface area contributed by atoms with Crippen LogP contribution in [0.25, 0.3) is 33.1 Å². The second-order valence-corrected chi connectivity index (χ2v) is 11.4. The number of nitriles is 1. The fourth-order valence-corrected chi connectivity index (χ4v) is 6.33. The van der Waals surface area contributed by atoms with Crippen molar-refractivity contribution in [3.05, 3.63) is 60.1 Å². The maximum atomic E-state index is 12.5. The number of aromatic nitrogens is 3. The van der Waals surface area contributed by atoms with Gasteiger partial charge in [-0.25, -0.2) is 4.98 Å². The molecule has 4 heterocycles. The number of carbonyl (C=O) groups excluding carboxylic acids is 1. The third kappa shape index (κ3) is 5.66. The smallest absolute Gasteiger partial charge is 0.320 e. The van der Waals surface area contributed by atoms with Gasteiger partial charge in [0, 0.05) is 31.2 Å². The zero-order chi connectivity index (χ0) is 30.1. The Bertz CT molecular complexity index is 1760. The molecule has 1 amide bonds. The number of benzene rings is 2. The maximum Gasteiger partial charge on any atom is 0.320 e. The third-order valence-electron chi connectivity index (χ3n) is 8.34. The number of hydrogen-bond acceptors (Lipinski definition) is 9. The van der Waals surface area contributed by atoms with Gasteiger partial charge in [-0.15, -0.1) is 0 Å². The van der Waals surface area contributed by atoms with Gasteiger partial charge in [-0.2, -0.15) is 15.2 Å². The quantitative estimate of drug-likeness (QED) is 0.300. The van der Waals surface area contributed by atoms with Crippen LogP contribution < -0.4 is 9.64 Å². The van der Waals surface area contributed by atoms with Gasteiger partial charge in [-0.05, 0) is 61.5 Å². The predicted octanol–water partition coefficient (Wildman–Crippen LogP) is 4.79. The van der Waals surface area contributed by atoms with Crippen molar-refractivity contribution in [3.63, 3.8) is 0 Å². The molecular weight excluding hydrogens is 566 g/mol. The maximum absolute atomic E-state index is 12.5. The Kier molecular flexibility index (Phi) is 8.02. The lowest BCUT2D eigenvalue weighted by atomic mass is 10.0. The van der Waals surface area contributed by atoms with Gasteiger partial charge in [0.2, 0.25) is 5.91 Å². The Hall–Kier alpha value is -4.46. The van der Waals surface area contributed by atoms with Crippen molar-refractivity contribution in [2.24, 2.45) is 0 Å². The summed E-state index contributed by atoms with van der Waals surface area (Å²) in [5.74, 6) is 0.482. The van der Waals surface area contributed by atoms with Crippen molar-refractivity contribution in [1.29, 1.82) is 5.26 Å². The fraction of sp³-hybridized carbons (Fsp3) is 0.344. The van der Waals surface area contributed by atoms with E-state index in [-0.39, 0.29) is 36.2 Å². The van der Waals surface area contributed by atoms with Gasteiger partial charge in [0.05, 0.1) is 34.6 Å². The number of phenols is 1. The topological polar surface area (TPSA) is 119 Å². The van der Waals surface area contributed by atoms with Gasteiger partial charge in [-0.1, -0.05) is 42.4 Å². The summed E-state index contributed by atoms with van der Waals surface area (Å²) in [5.41, 5.74) is 1.56. The van der Waals surface area contributed by atoms with Crippen LogP contribution >= 0.6 is 11.6 Å². The van der Waals surface area contributed by atoms with Gasteiger partial charge in [0.1, 0.15) is 18.2 Å². The molecule has 0 saturated carbocycles. The van der Waals surface area contributed by atoms with E-state index in [0.717, 1.165) is 30.2 Å². The van der Waals surface area contributed by atoms with Crippen molar-refractivity contribution in [2.75, 3.05) is 44.7 Å². The summed E-state index contributed by atoms with van der Waals surface area (Å²) in [7, 11) is 2.09. The van der Waals surface area contributed by atoms with Crippen LogP contribution in [0.15, 0.2) is 55.1 Å². The highest BCUT2D eigenvalue weighted by molar-refractivity contribution is 6.34. The van der Waals surface area contributed by atoms with E-state index in [0.29, 0.717) is 59.4 Å². The first-order valence-corrected chi connectivity index (χ1v) is 14.7. The Morgan fingerprint density at radius 3 is 2.77 bits per heavy atom. The molecule has 0 spiro atoms. The summed E-state index contributed by atoms with van der Waals surface area (Å²) in [6.07, 6.45) is 3.60. The molecule has 1 N–H and O–H groups in total. The van der Waals surface area contributed by atoms with E-state index in [9.17, 15) is 15.2 Å². The molecule has 6 rings (SSSR count). The highest BCUT2D eigenvalue weighted by atomic mass is 35.5. The number of aromatic hydroxyl groups is 1. The zero-order valence-electron chi connectivity index (χ0n) is 23.9. The van der Waals surface area contributed by atoms with Crippen LogP contribution in [0.5, 0.6) is 11.8 Å². The number of likely N-dealkylation sites (N-methyl/N-ethyl adjacent to an activating group) is 1. The molecule has 2 aliphatic rings. The SMILES string of the molecule is C=CC(=O)N1CCN(c2nc(OC[C@@H]3CCCN3C)nc3nc(-c4cc(O)cc5ccccc45)c(Cl)cc23)C[C@@H]1CC#N. The second-order valence-electron chi connectivity index (χ2n) is 11.0. The summed E-state index contributed by atoms with van der Waals surface area (Å²) in [6, 6.07) is 15.2. The van der Waals surface area contributed by atoms with E-state index in [1.54, 1.807) is 23.1 Å². The van der Waals surface area contributed by atoms with Crippen LogP contribution in [-0.4, -0.2) is 87.7 Å². The number of hydrogen-bond donors (Lipinski definition) is 1. The molecule has 2 aliphatic heterocycles. The number of halogens is 1. The molecule has 2 saturated heterocycles. The van der Waals surface area contributed by atoms with Crippen LogP contribution in [0.4, 0.5) is 5.82 Å². The Labute approximate surface area is 254 Å². The number of ether oxygens (including phenoxy) is 1. The lowest BCUT2D eigenvalue weighted by Crippen LogP contribution is -2.55. The molecule has 220 valence electrons. The molecule has 2 aromatic carbocycles. The lowest BCUT2D eigenvalue weighted by molar-refractivity contribution is -0.128. The number of anilines is 1. The van der Waals surface area contributed by atoms with E-state index in [1.165, 1.54) is 6.08 Å². The predicted molar refractivity (Wildman–Crippen MR) is 166 cm³/mol. The number of fused-ring (bicyclic) bond motifs is 2. The Morgan fingerprint density at radius 2 is 2.00 bits per heavy atom.